The van der Waals surface area contributed by atoms with Crippen LogP contribution in [0.25, 0.3) is 0 Å². The van der Waals surface area contributed by atoms with Crippen molar-refractivity contribution in [1.29, 1.82) is 0 Å². The Morgan fingerprint density at radius 1 is 0.433 bits per heavy atom. The quantitative estimate of drug-likeness (QED) is 0.0279. The van der Waals surface area contributed by atoms with Gasteiger partial charge in [0.25, 0.3) is 0 Å². The number of aliphatic hydroxyl groups excluding tert-OH is 1. The fourth-order valence-corrected chi connectivity index (χ4v) is 12.5. The second kappa shape index (κ2) is 39.7. The maximum atomic E-state index is 17.8. The molecule has 2 fully saturated rings. The van der Waals surface area contributed by atoms with Gasteiger partial charge >= 0.3 is 13.8 Å². The number of hydrogen-bond acceptors (Lipinski definition) is 18. The first-order valence-electron chi connectivity index (χ1n) is 33.0. The van der Waals surface area contributed by atoms with Gasteiger partial charge < -0.3 is 62.0 Å². The molecular formula is C76H89F2O18P. The van der Waals surface area contributed by atoms with E-state index in [0.29, 0.717) is 5.56 Å². The van der Waals surface area contributed by atoms with Gasteiger partial charge in [-0.25, -0.2) is 13.3 Å². The van der Waals surface area contributed by atoms with E-state index in [4.69, 9.17) is 65.7 Å². The number of esters is 1. The topological polar surface area (TPSA) is 201 Å². The van der Waals surface area contributed by atoms with Gasteiger partial charge in [-0.05, 0) is 58.7 Å². The monoisotopic (exact) mass is 1360 g/mol. The Labute approximate surface area is 567 Å². The number of carbonyl (C=O) groups excluding carboxylic acids is 2. The average Bonchev–Trinajstić information content (AvgIpc) is 1.70. The van der Waals surface area contributed by atoms with Gasteiger partial charge in [-0.1, -0.05) is 226 Å². The standard InChI is InChI=1S/C76H89F2O18P/c1-4-62-73(95-68(81)42-41-54(3)80)69(77)75(93-62)89-52-66(85-46-57-31-17-8-18-32-57)72(88-49-60-37-23-11-24-38-60)67(86-47-58-33-19-9-20-34-58)53-92-97(82,91-50-61-39-25-12-26-40-61)96-74-63(5-2)94-76(70(74)78)90-51-65(84-45-56-29-15-7-16-30-56)71(87-48-59-35-21-10-22-36-59)64(43-79)83-44-55-27-13-6-14-28-55/h6-40,62-67,69-76,79H,4-5,41-53H2,1-3H3/t62-,63-,64?,65?,66?,67?,69?,70?,71?,72?,73+,74+,75-,76-,97?/m1/s1. The summed E-state index contributed by atoms with van der Waals surface area (Å²) in [4.78, 5) is 24.6. The van der Waals surface area contributed by atoms with E-state index in [0.717, 1.165) is 33.4 Å². The molecule has 18 nitrogen and oxygen atoms in total. The highest BCUT2D eigenvalue weighted by Gasteiger charge is 2.52. The molecule has 7 aromatic rings. The predicted octanol–water partition coefficient (Wildman–Crippen LogP) is 13.5. The molecule has 9 rings (SSSR count). The Morgan fingerprint density at radius 3 is 1.11 bits per heavy atom. The lowest BCUT2D eigenvalue weighted by Gasteiger charge is -2.35. The number of phosphoric ester groups is 1. The number of aliphatic hydroxyl groups is 1. The van der Waals surface area contributed by atoms with Gasteiger partial charge in [-0.3, -0.25) is 18.4 Å². The zero-order chi connectivity index (χ0) is 68.0. The third-order valence-electron chi connectivity index (χ3n) is 16.4. The van der Waals surface area contributed by atoms with E-state index in [1.165, 1.54) is 6.92 Å². The van der Waals surface area contributed by atoms with Crippen LogP contribution >= 0.6 is 7.82 Å². The van der Waals surface area contributed by atoms with Gasteiger partial charge in [0, 0.05) is 6.42 Å². The summed E-state index contributed by atoms with van der Waals surface area (Å²) < 4.78 is 140. The van der Waals surface area contributed by atoms with Crippen LogP contribution in [0.2, 0.25) is 0 Å². The normalized spacial score (nSPS) is 21.8. The van der Waals surface area contributed by atoms with E-state index in [-0.39, 0.29) is 84.3 Å². The number of halogens is 2. The van der Waals surface area contributed by atoms with Crippen LogP contribution in [0.5, 0.6) is 0 Å². The molecule has 0 radical (unpaired) electrons. The van der Waals surface area contributed by atoms with Crippen molar-refractivity contribution in [3.8, 4) is 0 Å². The van der Waals surface area contributed by atoms with Crippen LogP contribution in [0, 0.1) is 0 Å². The summed E-state index contributed by atoms with van der Waals surface area (Å²) in [6.45, 7) is 3.03. The van der Waals surface area contributed by atoms with E-state index in [2.05, 4.69) is 0 Å². The maximum absolute atomic E-state index is 17.8. The minimum atomic E-state index is -4.98. The number of phosphoric acid groups is 1. The number of benzene rings is 7. The molecule has 0 amide bonds. The van der Waals surface area contributed by atoms with E-state index in [1.54, 1.807) is 38.1 Å². The third-order valence-corrected chi connectivity index (χ3v) is 17.8. The van der Waals surface area contributed by atoms with Crippen molar-refractivity contribution >= 4 is 19.6 Å². The average molecular weight is 1360 g/mol. The summed E-state index contributed by atoms with van der Waals surface area (Å²) in [6.07, 6.45) is -18.6. The van der Waals surface area contributed by atoms with Crippen LogP contribution in [0.4, 0.5) is 8.78 Å². The van der Waals surface area contributed by atoms with Crippen LogP contribution in [-0.4, -0.2) is 129 Å². The molecule has 9 unspecified atom stereocenters. The second-order valence-corrected chi connectivity index (χ2v) is 25.4. The van der Waals surface area contributed by atoms with Gasteiger partial charge in [-0.2, -0.15) is 0 Å². The molecule has 7 aromatic carbocycles. The molecule has 2 aliphatic rings. The number of carbonyl (C=O) groups is 2. The summed E-state index contributed by atoms with van der Waals surface area (Å²) in [6, 6.07) is 65.2. The van der Waals surface area contributed by atoms with Crippen LogP contribution < -0.4 is 0 Å². The van der Waals surface area contributed by atoms with Crippen LogP contribution in [-0.2, 0) is 126 Å². The summed E-state index contributed by atoms with van der Waals surface area (Å²) in [7, 11) is -4.98. The molecule has 2 aliphatic heterocycles. The molecule has 0 saturated carbocycles. The lowest BCUT2D eigenvalue weighted by atomic mass is 10.1. The summed E-state index contributed by atoms with van der Waals surface area (Å²) in [5.74, 6) is -0.968. The lowest BCUT2D eigenvalue weighted by molar-refractivity contribution is -0.209. The zero-order valence-corrected chi connectivity index (χ0v) is 55.9. The van der Waals surface area contributed by atoms with Crippen LogP contribution in [0.1, 0.15) is 85.4 Å². The second-order valence-electron chi connectivity index (χ2n) is 23.7. The molecule has 15 atom stereocenters. The smallest absolute Gasteiger partial charge is 0.456 e. The Kier molecular flexibility index (Phi) is 30.5. The Bertz CT molecular complexity index is 3380. The van der Waals surface area contributed by atoms with E-state index >= 15 is 13.3 Å². The Morgan fingerprint density at radius 2 is 0.753 bits per heavy atom. The van der Waals surface area contributed by atoms with Crippen molar-refractivity contribution < 1.29 is 93.7 Å². The predicted molar refractivity (Wildman–Crippen MR) is 356 cm³/mol. The molecule has 21 heteroatoms. The third kappa shape index (κ3) is 23.7. The minimum absolute atomic E-state index is 0.000796. The van der Waals surface area contributed by atoms with Gasteiger partial charge in [0.05, 0.1) is 85.2 Å². The molecule has 1 N–H and O–H groups in total. The van der Waals surface area contributed by atoms with Crippen molar-refractivity contribution in [3.63, 3.8) is 0 Å². The molecule has 0 aliphatic carbocycles. The molecule has 97 heavy (non-hydrogen) atoms. The van der Waals surface area contributed by atoms with E-state index < -0.39 is 120 Å². The minimum Gasteiger partial charge on any atom is -0.456 e. The summed E-state index contributed by atoms with van der Waals surface area (Å²) >= 11 is 0. The lowest BCUT2D eigenvalue weighted by Crippen LogP contribution is -2.48. The van der Waals surface area contributed by atoms with Gasteiger partial charge in [-0.15, -0.1) is 0 Å². The fourth-order valence-electron chi connectivity index (χ4n) is 11.1. The number of rotatable bonds is 43. The van der Waals surface area contributed by atoms with Gasteiger partial charge in [0.1, 0.15) is 54.6 Å². The molecule has 0 spiro atoms. The fraction of sp³-hybridized carbons (Fsp3) is 0.421. The summed E-state index contributed by atoms with van der Waals surface area (Å²) in [5.41, 5.74) is 5.39. The highest BCUT2D eigenvalue weighted by Crippen LogP contribution is 2.54. The van der Waals surface area contributed by atoms with E-state index in [9.17, 15) is 14.7 Å². The number of ketones is 1. The van der Waals surface area contributed by atoms with Gasteiger partial charge in [0.15, 0.2) is 31.0 Å². The number of alkyl halides is 2. The Balaban J connectivity index is 1.01. The molecule has 2 heterocycles. The first-order valence-corrected chi connectivity index (χ1v) is 34.5. The van der Waals surface area contributed by atoms with Crippen molar-refractivity contribution in [2.45, 2.75) is 179 Å². The molecule has 0 aromatic heterocycles. The van der Waals surface area contributed by atoms with Crippen LogP contribution in [0.3, 0.4) is 0 Å². The zero-order valence-electron chi connectivity index (χ0n) is 55.0. The highest BCUT2D eigenvalue weighted by atomic mass is 31.2. The largest absolute Gasteiger partial charge is 0.475 e. The summed E-state index contributed by atoms with van der Waals surface area (Å²) in [5, 5.41) is 11.0. The maximum Gasteiger partial charge on any atom is 0.475 e. The SMILES string of the molecule is CC[C@H]1O[C@@H](OCC(OCc2ccccc2)C(OCc2ccccc2)C(COP(=O)(OCc2ccccc2)O[C@@H]2C(F)[C@H](OCC(OCc3ccccc3)C(OCc3ccccc3)C(CO)OCc3ccccc3)O[C@@H]2CC)OCc2ccccc2)C(F)[C@H]1OC(=O)CCC(C)=O. The molecular weight excluding hydrogens is 1270 g/mol. The van der Waals surface area contributed by atoms with Crippen LogP contribution in [0.15, 0.2) is 212 Å². The number of Topliss-reactive ketones (excluding diaryl/α,β-unsaturated/α-hetero) is 1. The first kappa shape index (κ1) is 74.4. The molecule has 2 saturated heterocycles. The molecule has 0 bridgehead atoms. The van der Waals surface area contributed by atoms with Crippen molar-refractivity contribution in [1.82, 2.24) is 0 Å². The van der Waals surface area contributed by atoms with Gasteiger partial charge in [0.2, 0.25) is 0 Å². The highest BCUT2D eigenvalue weighted by molar-refractivity contribution is 7.48. The molecule has 520 valence electrons. The van der Waals surface area contributed by atoms with E-state index in [1.807, 2.05) is 188 Å². The number of hydrogen-bond donors (Lipinski definition) is 1. The Hall–Kier alpha value is -6.79. The first-order chi connectivity index (χ1) is 47.4. The van der Waals surface area contributed by atoms with Crippen molar-refractivity contribution in [2.24, 2.45) is 0 Å². The van der Waals surface area contributed by atoms with Crippen molar-refractivity contribution in [3.05, 3.63) is 251 Å². The number of ether oxygens (including phenoxy) is 11. The van der Waals surface area contributed by atoms with Crippen molar-refractivity contribution in [2.75, 3.05) is 26.4 Å².